The summed E-state index contributed by atoms with van der Waals surface area (Å²) < 4.78 is 0. The first-order valence-electron chi connectivity index (χ1n) is 9.00. The number of fused-ring (bicyclic) bond motifs is 1. The van der Waals surface area contributed by atoms with E-state index in [1.165, 1.54) is 27.6 Å². The van der Waals surface area contributed by atoms with Gasteiger partial charge in [0.1, 0.15) is 0 Å². The molecule has 1 heterocycles. The van der Waals surface area contributed by atoms with Crippen LogP contribution in [0.2, 0.25) is 0 Å². The number of pyridine rings is 1. The van der Waals surface area contributed by atoms with Crippen LogP contribution in [0.5, 0.6) is 0 Å². The molecule has 4 nitrogen and oxygen atoms in total. The van der Waals surface area contributed by atoms with Crippen LogP contribution in [0.1, 0.15) is 22.3 Å². The third kappa shape index (κ3) is 4.60. The summed E-state index contributed by atoms with van der Waals surface area (Å²) in [5.41, 5.74) is 6.21. The van der Waals surface area contributed by atoms with Gasteiger partial charge < -0.3 is 10.6 Å². The Balaban J connectivity index is 1.56. The molecule has 0 aliphatic carbocycles. The average molecular weight is 346 g/mol. The number of rotatable bonds is 5. The van der Waals surface area contributed by atoms with Crippen molar-refractivity contribution in [2.24, 2.45) is 4.99 Å². The fourth-order valence-corrected chi connectivity index (χ4v) is 3.25. The number of hydrogen-bond donors (Lipinski definition) is 2. The first-order valence-corrected chi connectivity index (χ1v) is 9.00. The van der Waals surface area contributed by atoms with E-state index >= 15 is 0 Å². The second kappa shape index (κ2) is 8.48. The lowest BCUT2D eigenvalue weighted by Crippen LogP contribution is -2.37. The van der Waals surface area contributed by atoms with E-state index in [1.54, 1.807) is 7.05 Å². The van der Waals surface area contributed by atoms with Crippen LogP contribution >= 0.6 is 0 Å². The summed E-state index contributed by atoms with van der Waals surface area (Å²) >= 11 is 0. The Morgan fingerprint density at radius 3 is 2.54 bits per heavy atom. The second-order valence-electron chi connectivity index (χ2n) is 6.59. The predicted molar refractivity (Wildman–Crippen MR) is 110 cm³/mol. The van der Waals surface area contributed by atoms with Gasteiger partial charge >= 0.3 is 0 Å². The van der Waals surface area contributed by atoms with E-state index in [0.717, 1.165) is 24.4 Å². The van der Waals surface area contributed by atoms with E-state index in [9.17, 15) is 0 Å². The molecule has 0 unspecified atom stereocenters. The summed E-state index contributed by atoms with van der Waals surface area (Å²) in [6.07, 6.45) is 2.83. The monoisotopic (exact) mass is 346 g/mol. The lowest BCUT2D eigenvalue weighted by molar-refractivity contribution is 0.796. The van der Waals surface area contributed by atoms with Gasteiger partial charge in [-0.2, -0.15) is 0 Å². The number of para-hydroxylation sites is 1. The van der Waals surface area contributed by atoms with Crippen LogP contribution in [0.4, 0.5) is 0 Å². The second-order valence-corrected chi connectivity index (χ2v) is 6.59. The zero-order valence-corrected chi connectivity index (χ0v) is 15.7. The zero-order valence-electron chi connectivity index (χ0n) is 15.7. The first kappa shape index (κ1) is 17.9. The maximum atomic E-state index is 4.41. The predicted octanol–water partition coefficient (Wildman–Crippen LogP) is 3.76. The van der Waals surface area contributed by atoms with Crippen molar-refractivity contribution in [1.82, 2.24) is 15.6 Å². The molecule has 1 aromatic heterocycles. The van der Waals surface area contributed by atoms with E-state index in [0.29, 0.717) is 6.54 Å². The molecule has 0 fully saturated rings. The number of benzene rings is 2. The Kier molecular flexibility index (Phi) is 5.84. The summed E-state index contributed by atoms with van der Waals surface area (Å²) in [5, 5.41) is 7.97. The average Bonchev–Trinajstić information content (AvgIpc) is 2.63. The van der Waals surface area contributed by atoms with Crippen LogP contribution in [-0.2, 0) is 13.0 Å². The molecular weight excluding hydrogens is 320 g/mol. The van der Waals surface area contributed by atoms with Gasteiger partial charge in [0, 0.05) is 31.7 Å². The van der Waals surface area contributed by atoms with E-state index in [2.05, 4.69) is 64.8 Å². The molecule has 0 saturated heterocycles. The minimum absolute atomic E-state index is 0.715. The molecular formula is C22H26N4. The number of aromatic nitrogens is 1. The molecule has 0 radical (unpaired) electrons. The van der Waals surface area contributed by atoms with Crippen LogP contribution in [0.15, 0.2) is 59.7 Å². The third-order valence-corrected chi connectivity index (χ3v) is 4.40. The van der Waals surface area contributed by atoms with E-state index in [4.69, 9.17) is 0 Å². The summed E-state index contributed by atoms with van der Waals surface area (Å²) in [5.74, 6) is 0.815. The smallest absolute Gasteiger partial charge is 0.191 e. The standard InChI is InChI=1S/C22H26N4/c1-16-12-17(2)14-18(13-16)8-10-25-22(23-3)26-15-19-9-11-24-21-7-5-4-6-20(19)21/h4-7,9,11-14H,8,10,15H2,1-3H3,(H2,23,25,26). The van der Waals surface area contributed by atoms with E-state index < -0.39 is 0 Å². The van der Waals surface area contributed by atoms with Crippen LogP contribution in [0.25, 0.3) is 10.9 Å². The summed E-state index contributed by atoms with van der Waals surface area (Å²) in [6.45, 7) is 5.85. The number of nitrogens with one attached hydrogen (secondary N) is 2. The Morgan fingerprint density at radius 2 is 1.77 bits per heavy atom. The molecule has 2 N–H and O–H groups in total. The van der Waals surface area contributed by atoms with Crippen molar-refractivity contribution in [3.8, 4) is 0 Å². The summed E-state index contributed by atoms with van der Waals surface area (Å²) in [7, 11) is 1.80. The van der Waals surface area contributed by atoms with Gasteiger partial charge in [-0.1, -0.05) is 47.5 Å². The van der Waals surface area contributed by atoms with Gasteiger partial charge in [-0.3, -0.25) is 9.98 Å². The maximum Gasteiger partial charge on any atom is 0.191 e. The summed E-state index contributed by atoms with van der Waals surface area (Å²) in [6, 6.07) is 17.0. The minimum Gasteiger partial charge on any atom is -0.356 e. The van der Waals surface area contributed by atoms with Gasteiger partial charge in [0.2, 0.25) is 0 Å². The molecule has 3 aromatic rings. The van der Waals surface area contributed by atoms with Crippen molar-refractivity contribution in [2.45, 2.75) is 26.8 Å². The lowest BCUT2D eigenvalue weighted by atomic mass is 10.1. The topological polar surface area (TPSA) is 49.3 Å². The number of nitrogens with zero attached hydrogens (tertiary/aromatic N) is 2. The first-order chi connectivity index (χ1) is 12.7. The van der Waals surface area contributed by atoms with Gasteiger partial charge in [0.25, 0.3) is 0 Å². The SMILES string of the molecule is CN=C(NCCc1cc(C)cc(C)c1)NCc1ccnc2ccccc12. The van der Waals surface area contributed by atoms with Gasteiger partial charge in [-0.15, -0.1) is 0 Å². The largest absolute Gasteiger partial charge is 0.356 e. The van der Waals surface area contributed by atoms with Crippen molar-refractivity contribution in [1.29, 1.82) is 0 Å². The highest BCUT2D eigenvalue weighted by Gasteiger charge is 2.03. The lowest BCUT2D eigenvalue weighted by Gasteiger charge is -2.13. The number of aliphatic imine (C=N–C) groups is 1. The number of hydrogen-bond acceptors (Lipinski definition) is 2. The Bertz CT molecular complexity index is 889. The molecule has 3 rings (SSSR count). The third-order valence-electron chi connectivity index (χ3n) is 4.40. The van der Waals surface area contributed by atoms with E-state index in [-0.39, 0.29) is 0 Å². The number of aryl methyl sites for hydroxylation is 2. The molecule has 0 saturated carbocycles. The Hall–Kier alpha value is -2.88. The molecule has 0 amide bonds. The highest BCUT2D eigenvalue weighted by molar-refractivity contribution is 5.83. The minimum atomic E-state index is 0.715. The molecule has 0 aliphatic rings. The molecule has 4 heteroatoms. The van der Waals surface area contributed by atoms with E-state index in [1.807, 2.05) is 24.4 Å². The fraction of sp³-hybridized carbons (Fsp3) is 0.273. The zero-order chi connectivity index (χ0) is 18.4. The molecule has 26 heavy (non-hydrogen) atoms. The molecule has 0 atom stereocenters. The normalized spacial score (nSPS) is 11.6. The molecule has 0 aliphatic heterocycles. The van der Waals surface area contributed by atoms with Crippen LogP contribution < -0.4 is 10.6 Å². The van der Waals surface area contributed by atoms with Crippen molar-refractivity contribution >= 4 is 16.9 Å². The highest BCUT2D eigenvalue weighted by atomic mass is 15.2. The Labute approximate surface area is 155 Å². The summed E-state index contributed by atoms with van der Waals surface area (Å²) in [4.78, 5) is 8.74. The molecule has 134 valence electrons. The molecule has 0 spiro atoms. The van der Waals surface area contributed by atoms with Gasteiger partial charge in [-0.05, 0) is 43.5 Å². The quantitative estimate of drug-likeness (QED) is 0.546. The molecule has 2 aromatic carbocycles. The Morgan fingerprint density at radius 1 is 1.00 bits per heavy atom. The van der Waals surface area contributed by atoms with Crippen LogP contribution in [0, 0.1) is 13.8 Å². The van der Waals surface area contributed by atoms with Gasteiger partial charge in [0.15, 0.2) is 5.96 Å². The molecule has 0 bridgehead atoms. The van der Waals surface area contributed by atoms with Gasteiger partial charge in [0.05, 0.1) is 5.52 Å². The van der Waals surface area contributed by atoms with Gasteiger partial charge in [-0.25, -0.2) is 0 Å². The highest BCUT2D eigenvalue weighted by Crippen LogP contribution is 2.15. The number of guanidine groups is 1. The maximum absolute atomic E-state index is 4.41. The fourth-order valence-electron chi connectivity index (χ4n) is 3.25. The van der Waals surface area contributed by atoms with Crippen molar-refractivity contribution in [3.63, 3.8) is 0 Å². The van der Waals surface area contributed by atoms with Crippen molar-refractivity contribution < 1.29 is 0 Å². The van der Waals surface area contributed by atoms with Crippen molar-refractivity contribution in [3.05, 3.63) is 77.0 Å². The van der Waals surface area contributed by atoms with Crippen LogP contribution in [-0.4, -0.2) is 24.5 Å². The van der Waals surface area contributed by atoms with Crippen LogP contribution in [0.3, 0.4) is 0 Å². The van der Waals surface area contributed by atoms with Crippen molar-refractivity contribution in [2.75, 3.05) is 13.6 Å².